The molecule has 4 heterocycles. The zero-order valence-electron chi connectivity index (χ0n) is 19.9. The molecule has 0 amide bonds. The lowest BCUT2D eigenvalue weighted by Crippen LogP contribution is -2.49. The van der Waals surface area contributed by atoms with Crippen LogP contribution in [0.25, 0.3) is 0 Å². The Balaban J connectivity index is 0.00000306. The summed E-state index contributed by atoms with van der Waals surface area (Å²) in [5.41, 5.74) is 0. The van der Waals surface area contributed by atoms with Gasteiger partial charge in [0.2, 0.25) is 5.95 Å². The average molecular weight is 568 g/mol. The summed E-state index contributed by atoms with van der Waals surface area (Å²) in [7, 11) is 0. The van der Waals surface area contributed by atoms with Crippen molar-refractivity contribution in [1.29, 1.82) is 0 Å². The van der Waals surface area contributed by atoms with Crippen molar-refractivity contribution >= 4 is 35.9 Å². The number of nitrogens with one attached hydrogen (secondary N) is 1. The molecule has 0 saturated carbocycles. The van der Waals surface area contributed by atoms with Crippen LogP contribution in [0.4, 0.5) is 5.95 Å². The van der Waals surface area contributed by atoms with Crippen LogP contribution in [0.5, 0.6) is 0 Å². The van der Waals surface area contributed by atoms with Crippen molar-refractivity contribution in [2.45, 2.75) is 32.7 Å². The van der Waals surface area contributed by atoms with Gasteiger partial charge in [0.1, 0.15) is 0 Å². The van der Waals surface area contributed by atoms with Gasteiger partial charge in [-0.2, -0.15) is 0 Å². The molecule has 33 heavy (non-hydrogen) atoms. The lowest BCUT2D eigenvalue weighted by atomic mass is 9.93. The van der Waals surface area contributed by atoms with Gasteiger partial charge in [-0.1, -0.05) is 6.92 Å². The first-order valence-electron chi connectivity index (χ1n) is 12.0. The van der Waals surface area contributed by atoms with Gasteiger partial charge < -0.3 is 19.7 Å². The maximum absolute atomic E-state index is 4.97. The van der Waals surface area contributed by atoms with E-state index in [0.717, 1.165) is 77.2 Å². The molecule has 182 valence electrons. The number of hydrogen-bond acceptors (Lipinski definition) is 6. The molecule has 2 aliphatic heterocycles. The van der Waals surface area contributed by atoms with Gasteiger partial charge in [-0.15, -0.1) is 24.0 Å². The molecular formula is C23H38IN9. The molecule has 0 aromatic carbocycles. The smallest absolute Gasteiger partial charge is 0.225 e. The number of aliphatic imine (C=N–C) groups is 1. The molecule has 2 aromatic heterocycles. The zero-order valence-corrected chi connectivity index (χ0v) is 22.2. The van der Waals surface area contributed by atoms with Crippen LogP contribution >= 0.6 is 24.0 Å². The zero-order chi connectivity index (χ0) is 22.2. The Morgan fingerprint density at radius 3 is 2.61 bits per heavy atom. The van der Waals surface area contributed by atoms with Crippen LogP contribution in [0.15, 0.2) is 42.2 Å². The predicted molar refractivity (Wildman–Crippen MR) is 143 cm³/mol. The van der Waals surface area contributed by atoms with E-state index in [1.54, 1.807) is 0 Å². The van der Waals surface area contributed by atoms with Gasteiger partial charge in [0.25, 0.3) is 0 Å². The molecule has 4 rings (SSSR count). The summed E-state index contributed by atoms with van der Waals surface area (Å²) >= 11 is 0. The molecule has 2 saturated heterocycles. The number of halogens is 1. The highest BCUT2D eigenvalue weighted by atomic mass is 127. The largest absolute Gasteiger partial charge is 0.357 e. The Kier molecular flexibility index (Phi) is 10.2. The second-order valence-electron chi connectivity index (χ2n) is 8.76. The molecule has 0 aliphatic carbocycles. The Bertz CT molecular complexity index is 822. The van der Waals surface area contributed by atoms with Gasteiger partial charge in [-0.05, 0) is 31.7 Å². The topological polar surface area (TPSA) is 77.7 Å². The van der Waals surface area contributed by atoms with Crippen molar-refractivity contribution < 1.29 is 0 Å². The number of nitrogens with zero attached hydrogens (tertiary/aromatic N) is 8. The van der Waals surface area contributed by atoms with E-state index in [1.807, 2.05) is 31.0 Å². The number of anilines is 1. The second-order valence-corrected chi connectivity index (χ2v) is 8.76. The van der Waals surface area contributed by atoms with Crippen LogP contribution < -0.4 is 10.2 Å². The highest BCUT2D eigenvalue weighted by Crippen LogP contribution is 2.27. The van der Waals surface area contributed by atoms with Gasteiger partial charge in [-0.25, -0.2) is 15.0 Å². The van der Waals surface area contributed by atoms with Crippen molar-refractivity contribution in [3.63, 3.8) is 0 Å². The molecule has 0 radical (unpaired) electrons. The van der Waals surface area contributed by atoms with Crippen molar-refractivity contribution in [2.24, 2.45) is 10.9 Å². The third-order valence-electron chi connectivity index (χ3n) is 6.56. The van der Waals surface area contributed by atoms with E-state index >= 15 is 0 Å². The minimum absolute atomic E-state index is 0. The quantitative estimate of drug-likeness (QED) is 0.238. The van der Waals surface area contributed by atoms with Crippen molar-refractivity contribution in [3.8, 4) is 0 Å². The molecule has 2 fully saturated rings. The maximum Gasteiger partial charge on any atom is 0.225 e. The molecular weight excluding hydrogens is 529 g/mol. The Morgan fingerprint density at radius 2 is 1.91 bits per heavy atom. The summed E-state index contributed by atoms with van der Waals surface area (Å²) in [5.74, 6) is 2.54. The first-order valence-corrected chi connectivity index (χ1v) is 12.0. The molecule has 10 heteroatoms. The first-order chi connectivity index (χ1) is 15.7. The monoisotopic (exact) mass is 567 g/mol. The third kappa shape index (κ3) is 7.02. The van der Waals surface area contributed by atoms with Gasteiger partial charge in [0.15, 0.2) is 5.96 Å². The summed E-state index contributed by atoms with van der Waals surface area (Å²) in [6.45, 7) is 13.4. The summed E-state index contributed by atoms with van der Waals surface area (Å²) in [5, 5.41) is 3.51. The standard InChI is InChI=1S/C23H37N9.HI/c1-3-25-22(31-12-6-20(2)21(18-31)32-13-10-24-19-32)28-9-5-11-29-14-16-30(17-15-29)23-26-7-4-8-27-23;/h4,7-8,10,13,19-21H,3,5-6,9,11-12,14-18H2,1-2H3,(H,25,28);1H. The lowest BCUT2D eigenvalue weighted by molar-refractivity contribution is 0.189. The van der Waals surface area contributed by atoms with Crippen LogP contribution in [0, 0.1) is 5.92 Å². The number of guanidine groups is 1. The van der Waals surface area contributed by atoms with Crippen molar-refractivity contribution in [1.82, 2.24) is 34.6 Å². The molecule has 0 bridgehead atoms. The van der Waals surface area contributed by atoms with Crippen LogP contribution in [-0.4, -0.2) is 94.2 Å². The van der Waals surface area contributed by atoms with Gasteiger partial charge in [0.05, 0.1) is 12.4 Å². The Hall–Kier alpha value is -1.95. The number of piperazine rings is 1. The lowest BCUT2D eigenvalue weighted by Gasteiger charge is -2.39. The molecule has 0 spiro atoms. The minimum atomic E-state index is 0. The third-order valence-corrected chi connectivity index (χ3v) is 6.56. The number of piperidine rings is 1. The molecule has 2 atom stereocenters. The number of imidazole rings is 1. The molecule has 1 N–H and O–H groups in total. The van der Waals surface area contributed by atoms with E-state index < -0.39 is 0 Å². The van der Waals surface area contributed by atoms with Crippen LogP contribution in [-0.2, 0) is 0 Å². The first kappa shape index (κ1) is 25.7. The van der Waals surface area contributed by atoms with E-state index in [0.29, 0.717) is 12.0 Å². The second kappa shape index (κ2) is 13.1. The molecule has 2 aromatic rings. The van der Waals surface area contributed by atoms with E-state index in [9.17, 15) is 0 Å². The fourth-order valence-corrected chi connectivity index (χ4v) is 4.63. The fourth-order valence-electron chi connectivity index (χ4n) is 4.63. The van der Waals surface area contributed by atoms with Gasteiger partial charge in [0, 0.05) is 83.7 Å². The van der Waals surface area contributed by atoms with Crippen molar-refractivity contribution in [2.75, 3.05) is 63.8 Å². The molecule has 9 nitrogen and oxygen atoms in total. The normalized spacial score (nSPS) is 22.2. The molecule has 2 unspecified atom stereocenters. The summed E-state index contributed by atoms with van der Waals surface area (Å²) in [6, 6.07) is 2.31. The average Bonchev–Trinajstić information content (AvgIpc) is 3.37. The summed E-state index contributed by atoms with van der Waals surface area (Å²) in [6.07, 6.45) is 11.8. The highest BCUT2D eigenvalue weighted by molar-refractivity contribution is 14.0. The summed E-state index contributed by atoms with van der Waals surface area (Å²) in [4.78, 5) is 25.2. The highest BCUT2D eigenvalue weighted by Gasteiger charge is 2.28. The van der Waals surface area contributed by atoms with E-state index in [4.69, 9.17) is 4.99 Å². The van der Waals surface area contributed by atoms with Crippen LogP contribution in [0.1, 0.15) is 32.7 Å². The molecule has 2 aliphatic rings. The SMILES string of the molecule is CCNC(=NCCCN1CCN(c2ncccn2)CC1)N1CCC(C)C(n2ccnc2)C1.I. The van der Waals surface area contributed by atoms with E-state index in [2.05, 4.69) is 59.6 Å². The Morgan fingerprint density at radius 1 is 1.12 bits per heavy atom. The summed E-state index contributed by atoms with van der Waals surface area (Å²) < 4.78 is 2.25. The maximum atomic E-state index is 4.97. The number of likely N-dealkylation sites (tertiary alicyclic amines) is 1. The van der Waals surface area contributed by atoms with Gasteiger partial charge >= 0.3 is 0 Å². The Labute approximate surface area is 214 Å². The van der Waals surface area contributed by atoms with Crippen LogP contribution in [0.3, 0.4) is 0 Å². The number of hydrogen-bond donors (Lipinski definition) is 1. The fraction of sp³-hybridized carbons (Fsp3) is 0.652. The minimum Gasteiger partial charge on any atom is -0.357 e. The van der Waals surface area contributed by atoms with Gasteiger partial charge in [-0.3, -0.25) is 9.89 Å². The number of rotatable bonds is 7. The predicted octanol–water partition coefficient (Wildman–Crippen LogP) is 2.35. The number of aromatic nitrogens is 4. The van der Waals surface area contributed by atoms with E-state index in [-0.39, 0.29) is 24.0 Å². The van der Waals surface area contributed by atoms with Crippen LogP contribution in [0.2, 0.25) is 0 Å². The van der Waals surface area contributed by atoms with E-state index in [1.165, 1.54) is 6.42 Å². The van der Waals surface area contributed by atoms with Crippen molar-refractivity contribution in [3.05, 3.63) is 37.2 Å².